The van der Waals surface area contributed by atoms with Gasteiger partial charge in [-0.05, 0) is 50.1 Å². The highest BCUT2D eigenvalue weighted by Gasteiger charge is 2.37. The number of amides is 2. The highest BCUT2D eigenvalue weighted by molar-refractivity contribution is 5.75. The van der Waals surface area contributed by atoms with Crippen molar-refractivity contribution in [3.05, 3.63) is 48.3 Å². The molecular weight excluding hydrogens is 326 g/mol. The molecule has 2 aliphatic rings. The largest absolute Gasteiger partial charge is 0.334 e. The van der Waals surface area contributed by atoms with E-state index in [4.69, 9.17) is 0 Å². The minimum Gasteiger partial charge on any atom is -0.334 e. The molecule has 1 aromatic heterocycles. The third-order valence-electron chi connectivity index (χ3n) is 5.60. The van der Waals surface area contributed by atoms with Crippen molar-refractivity contribution in [1.29, 1.82) is 0 Å². The fraction of sp³-hybridized carbons (Fsp3) is 0.500. The maximum Gasteiger partial charge on any atom is 0.317 e. The van der Waals surface area contributed by atoms with Gasteiger partial charge in [0.1, 0.15) is 0 Å². The summed E-state index contributed by atoms with van der Waals surface area (Å²) in [5.74, 6) is 0. The van der Waals surface area contributed by atoms with Crippen LogP contribution in [0.4, 0.5) is 4.79 Å². The second-order valence-electron chi connectivity index (χ2n) is 7.42. The molecular formula is C20H27N5O. The van der Waals surface area contributed by atoms with Crippen LogP contribution in [0.25, 0.3) is 5.69 Å². The number of piperidine rings is 1. The van der Waals surface area contributed by atoms with Gasteiger partial charge < -0.3 is 10.2 Å². The summed E-state index contributed by atoms with van der Waals surface area (Å²) in [4.78, 5) is 16.9. The molecule has 138 valence electrons. The molecule has 0 radical (unpaired) electrons. The van der Waals surface area contributed by atoms with E-state index in [1.807, 2.05) is 40.0 Å². The standard InChI is InChI=1S/C20H27N5O/c1-16-6-2-3-10-24(16)19-14-23(15-19)20(26)21-13-17-7-4-8-18(12-17)25-11-5-9-22-25/h4-5,7-9,11-12,16,19H,2-3,6,10,13-15H2,1H3,(H,21,26). The molecule has 2 saturated heterocycles. The van der Waals surface area contributed by atoms with Gasteiger partial charge in [-0.3, -0.25) is 4.90 Å². The van der Waals surface area contributed by atoms with Crippen LogP contribution in [0.1, 0.15) is 31.7 Å². The molecule has 1 unspecified atom stereocenters. The summed E-state index contributed by atoms with van der Waals surface area (Å²) in [6.07, 6.45) is 7.60. The van der Waals surface area contributed by atoms with Gasteiger partial charge >= 0.3 is 6.03 Å². The van der Waals surface area contributed by atoms with Crippen molar-refractivity contribution in [3.8, 4) is 5.69 Å². The molecule has 6 heteroatoms. The zero-order valence-corrected chi connectivity index (χ0v) is 15.3. The van der Waals surface area contributed by atoms with E-state index in [0.717, 1.165) is 24.3 Å². The van der Waals surface area contributed by atoms with Gasteiger partial charge in [-0.1, -0.05) is 18.6 Å². The summed E-state index contributed by atoms with van der Waals surface area (Å²) in [5.41, 5.74) is 2.08. The van der Waals surface area contributed by atoms with Crippen LogP contribution in [0.2, 0.25) is 0 Å². The zero-order chi connectivity index (χ0) is 17.9. The van der Waals surface area contributed by atoms with Crippen LogP contribution in [-0.2, 0) is 6.54 Å². The number of hydrogen-bond acceptors (Lipinski definition) is 3. The predicted octanol–water partition coefficient (Wildman–Crippen LogP) is 2.64. The first kappa shape index (κ1) is 17.1. The van der Waals surface area contributed by atoms with Crippen LogP contribution in [0, 0.1) is 0 Å². The molecule has 6 nitrogen and oxygen atoms in total. The Bertz CT molecular complexity index is 738. The first-order valence-electron chi connectivity index (χ1n) is 9.58. The molecule has 1 N–H and O–H groups in total. The maximum atomic E-state index is 12.4. The van der Waals surface area contributed by atoms with Gasteiger partial charge in [0, 0.05) is 44.1 Å². The number of rotatable bonds is 4. The van der Waals surface area contributed by atoms with Crippen molar-refractivity contribution in [1.82, 2.24) is 24.9 Å². The van der Waals surface area contributed by atoms with E-state index in [9.17, 15) is 4.79 Å². The lowest BCUT2D eigenvalue weighted by molar-refractivity contribution is 0.0169. The van der Waals surface area contributed by atoms with Gasteiger partial charge in [-0.25, -0.2) is 9.48 Å². The summed E-state index contributed by atoms with van der Waals surface area (Å²) >= 11 is 0. The number of urea groups is 1. The number of likely N-dealkylation sites (tertiary alicyclic amines) is 2. The van der Waals surface area contributed by atoms with Crippen molar-refractivity contribution < 1.29 is 4.79 Å². The molecule has 2 amide bonds. The van der Waals surface area contributed by atoms with E-state index in [2.05, 4.69) is 28.3 Å². The van der Waals surface area contributed by atoms with Gasteiger partial charge in [-0.2, -0.15) is 5.10 Å². The second kappa shape index (κ2) is 7.50. The average Bonchev–Trinajstić information content (AvgIpc) is 3.15. The van der Waals surface area contributed by atoms with E-state index >= 15 is 0 Å². The summed E-state index contributed by atoms with van der Waals surface area (Å²) in [5, 5.41) is 7.30. The smallest absolute Gasteiger partial charge is 0.317 e. The highest BCUT2D eigenvalue weighted by Crippen LogP contribution is 2.24. The molecule has 3 heterocycles. The van der Waals surface area contributed by atoms with Crippen molar-refractivity contribution in [2.75, 3.05) is 19.6 Å². The Labute approximate surface area is 154 Å². The Balaban J connectivity index is 1.27. The lowest BCUT2D eigenvalue weighted by Gasteiger charge is -2.49. The fourth-order valence-corrected chi connectivity index (χ4v) is 4.01. The third-order valence-corrected chi connectivity index (χ3v) is 5.60. The van der Waals surface area contributed by atoms with Crippen LogP contribution in [0.15, 0.2) is 42.7 Å². The molecule has 0 spiro atoms. The van der Waals surface area contributed by atoms with E-state index in [1.165, 1.54) is 25.8 Å². The van der Waals surface area contributed by atoms with Crippen LogP contribution in [0.3, 0.4) is 0 Å². The van der Waals surface area contributed by atoms with Crippen LogP contribution in [0.5, 0.6) is 0 Å². The Morgan fingerprint density at radius 2 is 2.15 bits per heavy atom. The molecule has 0 aliphatic carbocycles. The highest BCUT2D eigenvalue weighted by atomic mass is 16.2. The Kier molecular flexibility index (Phi) is 4.93. The Morgan fingerprint density at radius 3 is 2.92 bits per heavy atom. The molecule has 4 rings (SSSR count). The number of carbonyl (C=O) groups excluding carboxylic acids is 1. The van der Waals surface area contributed by atoms with E-state index in [-0.39, 0.29) is 6.03 Å². The lowest BCUT2D eigenvalue weighted by atomic mass is 9.98. The molecule has 1 atom stereocenters. The van der Waals surface area contributed by atoms with E-state index in [1.54, 1.807) is 6.20 Å². The van der Waals surface area contributed by atoms with E-state index < -0.39 is 0 Å². The van der Waals surface area contributed by atoms with Crippen molar-refractivity contribution >= 4 is 6.03 Å². The quantitative estimate of drug-likeness (QED) is 0.919. The monoisotopic (exact) mass is 353 g/mol. The molecule has 2 aromatic rings. The van der Waals surface area contributed by atoms with Crippen LogP contribution >= 0.6 is 0 Å². The number of nitrogens with zero attached hydrogens (tertiary/aromatic N) is 4. The van der Waals surface area contributed by atoms with Gasteiger partial charge in [-0.15, -0.1) is 0 Å². The molecule has 0 saturated carbocycles. The minimum absolute atomic E-state index is 0.0374. The molecule has 2 fully saturated rings. The average molecular weight is 353 g/mol. The van der Waals surface area contributed by atoms with Crippen LogP contribution in [-0.4, -0.2) is 57.3 Å². The summed E-state index contributed by atoms with van der Waals surface area (Å²) < 4.78 is 1.82. The number of aromatic nitrogens is 2. The van der Waals surface area contributed by atoms with Crippen molar-refractivity contribution in [2.24, 2.45) is 0 Å². The predicted molar refractivity (Wildman–Crippen MR) is 101 cm³/mol. The lowest BCUT2D eigenvalue weighted by Crippen LogP contribution is -2.64. The Hall–Kier alpha value is -2.34. The summed E-state index contributed by atoms with van der Waals surface area (Å²) in [6, 6.07) is 11.2. The second-order valence-corrected chi connectivity index (χ2v) is 7.42. The van der Waals surface area contributed by atoms with Crippen LogP contribution < -0.4 is 5.32 Å². The number of benzene rings is 1. The molecule has 2 aliphatic heterocycles. The van der Waals surface area contributed by atoms with Gasteiger partial charge in [0.15, 0.2) is 0 Å². The van der Waals surface area contributed by atoms with Crippen molar-refractivity contribution in [2.45, 2.75) is 44.8 Å². The molecule has 26 heavy (non-hydrogen) atoms. The molecule has 0 bridgehead atoms. The topological polar surface area (TPSA) is 53.4 Å². The fourth-order valence-electron chi connectivity index (χ4n) is 4.01. The van der Waals surface area contributed by atoms with Gasteiger partial charge in [0.2, 0.25) is 0 Å². The number of nitrogens with one attached hydrogen (secondary N) is 1. The summed E-state index contributed by atoms with van der Waals surface area (Å²) in [7, 11) is 0. The first-order chi connectivity index (χ1) is 12.7. The normalized spacial score (nSPS) is 21.4. The SMILES string of the molecule is CC1CCCCN1C1CN(C(=O)NCc2cccc(-n3cccn3)c2)C1. The van der Waals surface area contributed by atoms with E-state index in [0.29, 0.717) is 18.6 Å². The Morgan fingerprint density at radius 1 is 1.27 bits per heavy atom. The zero-order valence-electron chi connectivity index (χ0n) is 15.3. The summed E-state index contributed by atoms with van der Waals surface area (Å²) in [6.45, 7) is 5.73. The van der Waals surface area contributed by atoms with Gasteiger partial charge in [0.25, 0.3) is 0 Å². The van der Waals surface area contributed by atoms with Crippen molar-refractivity contribution in [3.63, 3.8) is 0 Å². The number of hydrogen-bond donors (Lipinski definition) is 1. The van der Waals surface area contributed by atoms with Gasteiger partial charge in [0.05, 0.1) is 5.69 Å². The minimum atomic E-state index is 0.0374. The third kappa shape index (κ3) is 3.60. The maximum absolute atomic E-state index is 12.4. The number of carbonyl (C=O) groups is 1. The molecule has 1 aromatic carbocycles. The first-order valence-corrected chi connectivity index (χ1v) is 9.58.